The lowest BCUT2D eigenvalue weighted by molar-refractivity contribution is -0.136. The number of ether oxygens (including phenoxy) is 3. The van der Waals surface area contributed by atoms with Gasteiger partial charge in [0.1, 0.15) is 0 Å². The molecule has 0 fully saturated rings. The zero-order chi connectivity index (χ0) is 21.0. The summed E-state index contributed by atoms with van der Waals surface area (Å²) in [6.45, 7) is 1.62. The SMILES string of the molecule is COC(=O)C1=C(C)NC(=O)N[C@H]1c1ccc(OC(=O)c2ccccc2)c(OC)c1. The van der Waals surface area contributed by atoms with E-state index in [0.717, 1.165) is 0 Å². The number of carbonyl (C=O) groups is 3. The lowest BCUT2D eigenvalue weighted by atomic mass is 9.95. The molecule has 0 unspecified atom stereocenters. The molecule has 8 nitrogen and oxygen atoms in total. The van der Waals surface area contributed by atoms with E-state index in [1.807, 2.05) is 0 Å². The van der Waals surface area contributed by atoms with Crippen molar-refractivity contribution in [2.24, 2.45) is 0 Å². The molecule has 0 aliphatic carbocycles. The number of methoxy groups -OCH3 is 2. The van der Waals surface area contributed by atoms with E-state index in [9.17, 15) is 14.4 Å². The van der Waals surface area contributed by atoms with Gasteiger partial charge in [0, 0.05) is 5.70 Å². The molecule has 1 aliphatic rings. The summed E-state index contributed by atoms with van der Waals surface area (Å²) in [5.41, 5.74) is 1.62. The average molecular weight is 396 g/mol. The Balaban J connectivity index is 1.93. The molecule has 2 aromatic rings. The van der Waals surface area contributed by atoms with Gasteiger partial charge in [0.15, 0.2) is 11.5 Å². The lowest BCUT2D eigenvalue weighted by Crippen LogP contribution is -2.45. The number of benzene rings is 2. The van der Waals surface area contributed by atoms with Crippen molar-refractivity contribution in [2.45, 2.75) is 13.0 Å². The maximum absolute atomic E-state index is 12.3. The Hall–Kier alpha value is -3.81. The summed E-state index contributed by atoms with van der Waals surface area (Å²) >= 11 is 0. The van der Waals surface area contributed by atoms with Crippen LogP contribution in [0.4, 0.5) is 4.79 Å². The van der Waals surface area contributed by atoms with Gasteiger partial charge < -0.3 is 24.8 Å². The highest BCUT2D eigenvalue weighted by Crippen LogP contribution is 2.34. The molecule has 1 aliphatic heterocycles. The van der Waals surface area contributed by atoms with Crippen molar-refractivity contribution in [3.63, 3.8) is 0 Å². The molecule has 0 saturated carbocycles. The molecule has 1 atom stereocenters. The highest BCUT2D eigenvalue weighted by molar-refractivity contribution is 5.95. The predicted molar refractivity (Wildman–Crippen MR) is 104 cm³/mol. The summed E-state index contributed by atoms with van der Waals surface area (Å²) in [4.78, 5) is 36.5. The smallest absolute Gasteiger partial charge is 0.343 e. The molecule has 2 aromatic carbocycles. The van der Waals surface area contributed by atoms with Crippen LogP contribution in [0.25, 0.3) is 0 Å². The number of rotatable bonds is 5. The largest absolute Gasteiger partial charge is 0.493 e. The van der Waals surface area contributed by atoms with Gasteiger partial charge in [-0.15, -0.1) is 0 Å². The van der Waals surface area contributed by atoms with E-state index >= 15 is 0 Å². The van der Waals surface area contributed by atoms with Gasteiger partial charge in [-0.25, -0.2) is 14.4 Å². The van der Waals surface area contributed by atoms with E-state index in [2.05, 4.69) is 10.6 Å². The van der Waals surface area contributed by atoms with Gasteiger partial charge in [0.05, 0.1) is 31.4 Å². The monoisotopic (exact) mass is 396 g/mol. The Labute approximate surface area is 167 Å². The number of esters is 2. The standard InChI is InChI=1S/C21H20N2O6/c1-12-17(20(25)28-3)18(23-21(26)22-12)14-9-10-15(16(11-14)27-2)29-19(24)13-7-5-4-6-8-13/h4-11,18H,1-3H3,(H2,22,23,26)/t18-/m0/s1. The van der Waals surface area contributed by atoms with Gasteiger partial charge in [-0.3, -0.25) is 0 Å². The van der Waals surface area contributed by atoms with E-state index in [-0.39, 0.29) is 17.1 Å². The van der Waals surface area contributed by atoms with Crippen molar-refractivity contribution in [2.75, 3.05) is 14.2 Å². The van der Waals surface area contributed by atoms with Crippen LogP contribution in [0, 0.1) is 0 Å². The number of urea groups is 1. The summed E-state index contributed by atoms with van der Waals surface area (Å²) in [7, 11) is 2.70. The van der Waals surface area contributed by atoms with E-state index in [1.165, 1.54) is 14.2 Å². The maximum Gasteiger partial charge on any atom is 0.343 e. The molecule has 1 heterocycles. The van der Waals surface area contributed by atoms with Crippen molar-refractivity contribution in [3.05, 3.63) is 70.9 Å². The second kappa shape index (κ2) is 8.47. The number of hydrogen-bond acceptors (Lipinski definition) is 6. The Bertz CT molecular complexity index is 984. The minimum atomic E-state index is -0.746. The third kappa shape index (κ3) is 4.21. The number of amides is 2. The molecule has 3 rings (SSSR count). The van der Waals surface area contributed by atoms with E-state index in [4.69, 9.17) is 14.2 Å². The summed E-state index contributed by atoms with van der Waals surface area (Å²) in [6, 6.07) is 12.2. The Kier molecular flexibility index (Phi) is 5.82. The average Bonchev–Trinajstić information content (AvgIpc) is 2.73. The van der Waals surface area contributed by atoms with E-state index in [1.54, 1.807) is 55.5 Å². The molecular formula is C21H20N2O6. The minimum Gasteiger partial charge on any atom is -0.493 e. The van der Waals surface area contributed by atoms with Crippen LogP contribution < -0.4 is 20.1 Å². The normalized spacial score (nSPS) is 15.8. The fraction of sp³-hybridized carbons (Fsp3) is 0.190. The van der Waals surface area contributed by atoms with Crippen LogP contribution in [0.2, 0.25) is 0 Å². The first kappa shape index (κ1) is 19.9. The minimum absolute atomic E-state index is 0.214. The van der Waals surface area contributed by atoms with Crippen LogP contribution in [0.1, 0.15) is 28.9 Å². The molecule has 2 N–H and O–H groups in total. The third-order valence-electron chi connectivity index (χ3n) is 4.41. The van der Waals surface area contributed by atoms with Gasteiger partial charge in [-0.2, -0.15) is 0 Å². The number of hydrogen-bond donors (Lipinski definition) is 2. The van der Waals surface area contributed by atoms with Crippen molar-refractivity contribution in [1.82, 2.24) is 10.6 Å². The number of carbonyl (C=O) groups excluding carboxylic acids is 3. The predicted octanol–water partition coefficient (Wildman–Crippen LogP) is 2.72. The quantitative estimate of drug-likeness (QED) is 0.595. The highest BCUT2D eigenvalue weighted by Gasteiger charge is 2.32. The van der Waals surface area contributed by atoms with Gasteiger partial charge in [-0.05, 0) is 36.8 Å². The molecule has 0 aromatic heterocycles. The van der Waals surface area contributed by atoms with Crippen molar-refractivity contribution >= 4 is 18.0 Å². The number of nitrogens with one attached hydrogen (secondary N) is 2. The highest BCUT2D eigenvalue weighted by atomic mass is 16.6. The fourth-order valence-electron chi connectivity index (χ4n) is 3.01. The first-order valence-corrected chi connectivity index (χ1v) is 8.76. The van der Waals surface area contributed by atoms with E-state index in [0.29, 0.717) is 16.8 Å². The number of allylic oxidation sites excluding steroid dienone is 1. The Morgan fingerprint density at radius 1 is 0.966 bits per heavy atom. The van der Waals surface area contributed by atoms with Crippen LogP contribution in [-0.2, 0) is 9.53 Å². The molecule has 0 bridgehead atoms. The second-order valence-electron chi connectivity index (χ2n) is 6.23. The second-order valence-corrected chi connectivity index (χ2v) is 6.23. The van der Waals surface area contributed by atoms with Gasteiger partial charge in [0.2, 0.25) is 0 Å². The van der Waals surface area contributed by atoms with Crippen molar-refractivity contribution in [3.8, 4) is 11.5 Å². The molecule has 0 saturated heterocycles. The summed E-state index contributed by atoms with van der Waals surface area (Å²) < 4.78 is 15.6. The summed E-state index contributed by atoms with van der Waals surface area (Å²) in [6.07, 6.45) is 0. The first-order chi connectivity index (χ1) is 13.9. The maximum atomic E-state index is 12.3. The Morgan fingerprint density at radius 2 is 1.69 bits per heavy atom. The van der Waals surface area contributed by atoms with Gasteiger partial charge in [0.25, 0.3) is 0 Å². The van der Waals surface area contributed by atoms with Crippen LogP contribution >= 0.6 is 0 Å². The molecule has 0 spiro atoms. The van der Waals surface area contributed by atoms with E-state index < -0.39 is 24.0 Å². The van der Waals surface area contributed by atoms with Crippen molar-refractivity contribution in [1.29, 1.82) is 0 Å². The molecular weight excluding hydrogens is 376 g/mol. The molecule has 2 amide bonds. The van der Waals surface area contributed by atoms with Gasteiger partial charge in [-0.1, -0.05) is 24.3 Å². The van der Waals surface area contributed by atoms with Gasteiger partial charge >= 0.3 is 18.0 Å². The summed E-state index contributed by atoms with van der Waals surface area (Å²) in [5, 5.41) is 5.25. The lowest BCUT2D eigenvalue weighted by Gasteiger charge is -2.28. The molecule has 8 heteroatoms. The third-order valence-corrected chi connectivity index (χ3v) is 4.41. The van der Waals surface area contributed by atoms with Crippen LogP contribution in [-0.4, -0.2) is 32.2 Å². The van der Waals surface area contributed by atoms with Crippen LogP contribution in [0.5, 0.6) is 11.5 Å². The zero-order valence-electron chi connectivity index (χ0n) is 16.1. The summed E-state index contributed by atoms with van der Waals surface area (Å²) in [5.74, 6) is -0.608. The Morgan fingerprint density at radius 3 is 2.34 bits per heavy atom. The molecule has 0 radical (unpaired) electrons. The van der Waals surface area contributed by atoms with Crippen LogP contribution in [0.3, 0.4) is 0 Å². The van der Waals surface area contributed by atoms with Crippen molar-refractivity contribution < 1.29 is 28.6 Å². The molecule has 29 heavy (non-hydrogen) atoms. The topological polar surface area (TPSA) is 103 Å². The molecule has 150 valence electrons. The fourth-order valence-corrected chi connectivity index (χ4v) is 3.01. The van der Waals surface area contributed by atoms with Crippen LogP contribution in [0.15, 0.2) is 59.8 Å². The zero-order valence-corrected chi connectivity index (χ0v) is 16.1. The first-order valence-electron chi connectivity index (χ1n) is 8.76.